The quantitative estimate of drug-likeness (QED) is 0.933. The van der Waals surface area contributed by atoms with Gasteiger partial charge in [-0.3, -0.25) is 4.98 Å². The van der Waals surface area contributed by atoms with Gasteiger partial charge in [0.1, 0.15) is 11.9 Å². The molecule has 0 amide bonds. The molecule has 2 rings (SSSR count). The number of nitrogens with zero attached hydrogens (tertiary/aromatic N) is 1. The summed E-state index contributed by atoms with van der Waals surface area (Å²) in [6.45, 7) is 3.94. The highest BCUT2D eigenvalue weighted by atomic mass is 79.9. The molecule has 2 aromatic rings. The van der Waals surface area contributed by atoms with Crippen LogP contribution in [0.2, 0.25) is 0 Å². The van der Waals surface area contributed by atoms with Gasteiger partial charge in [-0.1, -0.05) is 12.1 Å². The summed E-state index contributed by atoms with van der Waals surface area (Å²) in [6, 6.07) is 11.1. The van der Waals surface area contributed by atoms with Gasteiger partial charge in [0.2, 0.25) is 0 Å². The van der Waals surface area contributed by atoms with Crippen molar-refractivity contribution in [3.63, 3.8) is 0 Å². The Hall–Kier alpha value is -1.39. The van der Waals surface area contributed by atoms with E-state index in [0.29, 0.717) is 5.69 Å². The van der Waals surface area contributed by atoms with Gasteiger partial charge in [0.05, 0.1) is 11.8 Å². The van der Waals surface area contributed by atoms with Gasteiger partial charge >= 0.3 is 0 Å². The molecule has 0 saturated carbocycles. The average molecular weight is 322 g/mol. The summed E-state index contributed by atoms with van der Waals surface area (Å²) in [4.78, 5) is 4.21. The topological polar surface area (TPSA) is 42.4 Å². The van der Waals surface area contributed by atoms with Crippen LogP contribution in [0.3, 0.4) is 0 Å². The van der Waals surface area contributed by atoms with E-state index in [0.717, 1.165) is 15.8 Å². The van der Waals surface area contributed by atoms with Crippen molar-refractivity contribution in [2.75, 3.05) is 0 Å². The fraction of sp³-hybridized carbons (Fsp3) is 0.267. The lowest BCUT2D eigenvalue weighted by Gasteiger charge is -2.14. The molecule has 0 aliphatic carbocycles. The second kappa shape index (κ2) is 6.17. The number of hydrogen-bond acceptors (Lipinski definition) is 3. The minimum absolute atomic E-state index is 0.109. The van der Waals surface area contributed by atoms with Gasteiger partial charge in [0.25, 0.3) is 0 Å². The summed E-state index contributed by atoms with van der Waals surface area (Å²) in [5.41, 5.74) is 1.39. The maximum absolute atomic E-state index is 10.3. The molecule has 3 nitrogen and oxygen atoms in total. The van der Waals surface area contributed by atoms with E-state index in [1.54, 1.807) is 12.3 Å². The van der Waals surface area contributed by atoms with Crippen LogP contribution in [0.5, 0.6) is 5.75 Å². The highest BCUT2D eigenvalue weighted by Crippen LogP contribution is 2.25. The number of rotatable bonds is 4. The molecule has 0 fully saturated rings. The van der Waals surface area contributed by atoms with E-state index in [4.69, 9.17) is 4.74 Å². The number of hydrogen-bond donors (Lipinski definition) is 1. The van der Waals surface area contributed by atoms with Crippen LogP contribution < -0.4 is 4.74 Å². The Kier molecular flexibility index (Phi) is 4.56. The van der Waals surface area contributed by atoms with E-state index >= 15 is 0 Å². The number of aliphatic hydroxyl groups is 1. The number of pyridine rings is 1. The molecule has 0 radical (unpaired) electrons. The fourth-order valence-corrected chi connectivity index (χ4v) is 1.98. The summed E-state index contributed by atoms with van der Waals surface area (Å²) < 4.78 is 6.51. The second-order valence-electron chi connectivity index (χ2n) is 4.54. The zero-order chi connectivity index (χ0) is 13.8. The Bertz CT molecular complexity index is 540. The van der Waals surface area contributed by atoms with E-state index in [1.165, 1.54) is 0 Å². The van der Waals surface area contributed by atoms with Gasteiger partial charge in [-0.25, -0.2) is 0 Å². The fourth-order valence-electron chi connectivity index (χ4n) is 1.75. The molecular formula is C15H16BrNO2. The van der Waals surface area contributed by atoms with Crippen molar-refractivity contribution in [3.05, 3.63) is 58.3 Å². The standard InChI is InChI=1S/C15H16BrNO2/c1-10(2)19-13-5-3-4-11(8-13)15(18)14-7-6-12(16)9-17-14/h3-10,15,18H,1-2H3. The molecule has 4 heteroatoms. The molecule has 1 unspecified atom stereocenters. The first kappa shape index (κ1) is 14.0. The van der Waals surface area contributed by atoms with Crippen LogP contribution in [0, 0.1) is 0 Å². The minimum atomic E-state index is -0.746. The Labute approximate surface area is 121 Å². The molecule has 0 bridgehead atoms. The predicted molar refractivity (Wildman–Crippen MR) is 78.2 cm³/mol. The monoisotopic (exact) mass is 321 g/mol. The normalized spacial score (nSPS) is 12.5. The molecule has 1 aromatic heterocycles. The zero-order valence-corrected chi connectivity index (χ0v) is 12.5. The van der Waals surface area contributed by atoms with Gasteiger partial charge in [-0.2, -0.15) is 0 Å². The maximum Gasteiger partial charge on any atom is 0.121 e. The lowest BCUT2D eigenvalue weighted by atomic mass is 10.1. The highest BCUT2D eigenvalue weighted by molar-refractivity contribution is 9.10. The van der Waals surface area contributed by atoms with Crippen molar-refractivity contribution in [1.29, 1.82) is 0 Å². The van der Waals surface area contributed by atoms with E-state index in [9.17, 15) is 5.11 Å². The van der Waals surface area contributed by atoms with Crippen molar-refractivity contribution >= 4 is 15.9 Å². The van der Waals surface area contributed by atoms with Gasteiger partial charge in [-0.05, 0) is 59.6 Å². The molecule has 0 spiro atoms. The number of halogens is 1. The number of ether oxygens (including phenoxy) is 1. The molecule has 1 N–H and O–H groups in total. The third-order valence-electron chi connectivity index (χ3n) is 2.58. The minimum Gasteiger partial charge on any atom is -0.491 e. The smallest absolute Gasteiger partial charge is 0.121 e. The van der Waals surface area contributed by atoms with Crippen LogP contribution in [0.25, 0.3) is 0 Å². The molecule has 19 heavy (non-hydrogen) atoms. The predicted octanol–water partition coefficient (Wildman–Crippen LogP) is 3.71. The molecule has 1 aromatic carbocycles. The Morgan fingerprint density at radius 3 is 2.63 bits per heavy atom. The van der Waals surface area contributed by atoms with Crippen LogP contribution in [0.4, 0.5) is 0 Å². The van der Waals surface area contributed by atoms with Crippen LogP contribution in [0.15, 0.2) is 47.1 Å². The largest absolute Gasteiger partial charge is 0.491 e. The first-order chi connectivity index (χ1) is 9.06. The van der Waals surface area contributed by atoms with Gasteiger partial charge in [0, 0.05) is 10.7 Å². The van der Waals surface area contributed by atoms with Crippen LogP contribution >= 0.6 is 15.9 Å². The molecule has 1 atom stereocenters. The van der Waals surface area contributed by atoms with E-state index in [-0.39, 0.29) is 6.10 Å². The van der Waals surface area contributed by atoms with E-state index in [2.05, 4.69) is 20.9 Å². The first-order valence-corrected chi connectivity index (χ1v) is 6.91. The van der Waals surface area contributed by atoms with E-state index in [1.807, 2.05) is 44.2 Å². The lowest BCUT2D eigenvalue weighted by molar-refractivity contribution is 0.212. The molecule has 0 aliphatic heterocycles. The molecule has 100 valence electrons. The zero-order valence-electron chi connectivity index (χ0n) is 10.9. The third-order valence-corrected chi connectivity index (χ3v) is 3.05. The molecular weight excluding hydrogens is 306 g/mol. The number of aromatic nitrogens is 1. The summed E-state index contributed by atoms with van der Waals surface area (Å²) in [6.07, 6.45) is 1.04. The van der Waals surface area contributed by atoms with Crippen molar-refractivity contribution in [2.24, 2.45) is 0 Å². The van der Waals surface area contributed by atoms with Crippen molar-refractivity contribution in [3.8, 4) is 5.75 Å². The van der Waals surface area contributed by atoms with Crippen molar-refractivity contribution in [2.45, 2.75) is 26.1 Å². The summed E-state index contributed by atoms with van der Waals surface area (Å²) in [7, 11) is 0. The summed E-state index contributed by atoms with van der Waals surface area (Å²) in [5, 5.41) is 10.3. The Balaban J connectivity index is 2.23. The van der Waals surface area contributed by atoms with Gasteiger partial charge < -0.3 is 9.84 Å². The van der Waals surface area contributed by atoms with Crippen LogP contribution in [-0.4, -0.2) is 16.2 Å². The van der Waals surface area contributed by atoms with Crippen LogP contribution in [0.1, 0.15) is 31.2 Å². The second-order valence-corrected chi connectivity index (χ2v) is 5.46. The first-order valence-electron chi connectivity index (χ1n) is 6.12. The third kappa shape index (κ3) is 3.78. The number of benzene rings is 1. The molecule has 0 aliphatic rings. The molecule has 1 heterocycles. The van der Waals surface area contributed by atoms with Crippen LogP contribution in [-0.2, 0) is 0 Å². The van der Waals surface area contributed by atoms with E-state index < -0.39 is 6.10 Å². The van der Waals surface area contributed by atoms with Crippen molar-refractivity contribution < 1.29 is 9.84 Å². The summed E-state index contributed by atoms with van der Waals surface area (Å²) >= 11 is 3.33. The Morgan fingerprint density at radius 1 is 1.21 bits per heavy atom. The highest BCUT2D eigenvalue weighted by Gasteiger charge is 2.12. The van der Waals surface area contributed by atoms with Gasteiger partial charge in [0.15, 0.2) is 0 Å². The SMILES string of the molecule is CC(C)Oc1cccc(C(O)c2ccc(Br)cn2)c1. The molecule has 0 saturated heterocycles. The number of aliphatic hydroxyl groups excluding tert-OH is 1. The van der Waals surface area contributed by atoms with Gasteiger partial charge in [-0.15, -0.1) is 0 Å². The maximum atomic E-state index is 10.3. The summed E-state index contributed by atoms with van der Waals surface area (Å²) in [5.74, 6) is 0.753. The Morgan fingerprint density at radius 2 is 2.00 bits per heavy atom. The lowest BCUT2D eigenvalue weighted by Crippen LogP contribution is -2.07. The average Bonchev–Trinajstić information content (AvgIpc) is 2.38. The van der Waals surface area contributed by atoms with Crippen molar-refractivity contribution in [1.82, 2.24) is 4.98 Å².